The molecular formula is C19H22N2O4. The molecule has 0 fully saturated rings. The van der Waals surface area contributed by atoms with Crippen LogP contribution in [0.4, 0.5) is 11.4 Å². The van der Waals surface area contributed by atoms with Crippen molar-refractivity contribution in [2.75, 3.05) is 11.9 Å². The second kappa shape index (κ2) is 7.34. The first kappa shape index (κ1) is 18.4. The zero-order valence-electron chi connectivity index (χ0n) is 14.8. The van der Waals surface area contributed by atoms with Gasteiger partial charge in [0, 0.05) is 17.3 Å². The summed E-state index contributed by atoms with van der Waals surface area (Å²) in [7, 11) is 0. The van der Waals surface area contributed by atoms with Gasteiger partial charge < -0.3 is 10.1 Å². The molecular weight excluding hydrogens is 320 g/mol. The number of anilines is 1. The van der Waals surface area contributed by atoms with E-state index in [1.54, 1.807) is 19.1 Å². The molecule has 0 radical (unpaired) electrons. The maximum atomic E-state index is 12.0. The first-order valence-corrected chi connectivity index (χ1v) is 7.95. The average Bonchev–Trinajstić information content (AvgIpc) is 2.54. The summed E-state index contributed by atoms with van der Waals surface area (Å²) < 4.78 is 5.46. The number of nitro groups is 1. The lowest BCUT2D eigenvalue weighted by atomic mass is 9.87. The quantitative estimate of drug-likeness (QED) is 0.651. The molecule has 1 N–H and O–H groups in total. The van der Waals surface area contributed by atoms with E-state index in [2.05, 4.69) is 26.1 Å². The van der Waals surface area contributed by atoms with E-state index in [1.807, 2.05) is 24.3 Å². The van der Waals surface area contributed by atoms with E-state index in [0.29, 0.717) is 17.0 Å². The van der Waals surface area contributed by atoms with Gasteiger partial charge in [0.05, 0.1) is 4.92 Å². The first-order chi connectivity index (χ1) is 11.7. The van der Waals surface area contributed by atoms with Crippen molar-refractivity contribution < 1.29 is 14.5 Å². The largest absolute Gasteiger partial charge is 0.484 e. The van der Waals surface area contributed by atoms with Crippen molar-refractivity contribution in [3.8, 4) is 5.75 Å². The van der Waals surface area contributed by atoms with Gasteiger partial charge in [0.25, 0.3) is 11.6 Å². The van der Waals surface area contributed by atoms with Crippen LogP contribution in [0.5, 0.6) is 5.75 Å². The van der Waals surface area contributed by atoms with Gasteiger partial charge in [-0.3, -0.25) is 14.9 Å². The number of ether oxygens (including phenoxy) is 1. The second-order valence-electron chi connectivity index (χ2n) is 6.87. The second-order valence-corrected chi connectivity index (χ2v) is 6.87. The predicted molar refractivity (Wildman–Crippen MR) is 97.1 cm³/mol. The molecule has 0 atom stereocenters. The van der Waals surface area contributed by atoms with Crippen LogP contribution in [0.3, 0.4) is 0 Å². The fourth-order valence-electron chi connectivity index (χ4n) is 2.28. The van der Waals surface area contributed by atoms with Crippen LogP contribution in [0.2, 0.25) is 0 Å². The fraction of sp³-hybridized carbons (Fsp3) is 0.316. The maximum Gasteiger partial charge on any atom is 0.274 e. The lowest BCUT2D eigenvalue weighted by molar-refractivity contribution is -0.385. The topological polar surface area (TPSA) is 81.5 Å². The highest BCUT2D eigenvalue weighted by atomic mass is 16.6. The molecule has 2 aromatic carbocycles. The minimum atomic E-state index is -0.474. The third kappa shape index (κ3) is 5.04. The van der Waals surface area contributed by atoms with Gasteiger partial charge in [-0.15, -0.1) is 0 Å². The molecule has 0 heterocycles. The van der Waals surface area contributed by atoms with E-state index >= 15 is 0 Å². The van der Waals surface area contributed by atoms with Crippen LogP contribution in [0.1, 0.15) is 31.9 Å². The molecule has 1 amide bonds. The van der Waals surface area contributed by atoms with E-state index in [4.69, 9.17) is 4.74 Å². The monoisotopic (exact) mass is 342 g/mol. The van der Waals surface area contributed by atoms with Crippen molar-refractivity contribution >= 4 is 17.3 Å². The van der Waals surface area contributed by atoms with Gasteiger partial charge in [0.2, 0.25) is 0 Å². The highest BCUT2D eigenvalue weighted by Gasteiger charge is 2.14. The molecule has 25 heavy (non-hydrogen) atoms. The summed E-state index contributed by atoms with van der Waals surface area (Å²) in [5, 5.41) is 13.5. The van der Waals surface area contributed by atoms with E-state index < -0.39 is 4.92 Å². The molecule has 0 aliphatic rings. The van der Waals surface area contributed by atoms with Crippen LogP contribution in [0.15, 0.2) is 42.5 Å². The van der Waals surface area contributed by atoms with Crippen LogP contribution in [0.25, 0.3) is 0 Å². The standard InChI is InChI=1S/C19H22N2O4/c1-13-5-8-15(11-17(13)21(23)24)20-18(22)12-25-16-9-6-14(7-10-16)19(2,3)4/h5-11H,12H2,1-4H3,(H,20,22). The van der Waals surface area contributed by atoms with Gasteiger partial charge in [-0.2, -0.15) is 0 Å². The first-order valence-electron chi connectivity index (χ1n) is 7.95. The Morgan fingerprint density at radius 3 is 2.36 bits per heavy atom. The maximum absolute atomic E-state index is 12.0. The van der Waals surface area contributed by atoms with Crippen LogP contribution in [-0.2, 0) is 10.2 Å². The zero-order chi connectivity index (χ0) is 18.6. The number of nitrogens with one attached hydrogen (secondary N) is 1. The molecule has 2 aromatic rings. The van der Waals surface area contributed by atoms with Gasteiger partial charge in [0.1, 0.15) is 5.75 Å². The Bertz CT molecular complexity index is 777. The summed E-state index contributed by atoms with van der Waals surface area (Å²) in [4.78, 5) is 22.4. The Labute approximate surface area is 147 Å². The van der Waals surface area contributed by atoms with Crippen molar-refractivity contribution in [3.05, 3.63) is 63.7 Å². The molecule has 0 aliphatic carbocycles. The minimum Gasteiger partial charge on any atom is -0.484 e. The summed E-state index contributed by atoms with van der Waals surface area (Å²) in [6.45, 7) is 7.84. The Morgan fingerprint density at radius 2 is 1.80 bits per heavy atom. The minimum absolute atomic E-state index is 0.0310. The highest BCUT2D eigenvalue weighted by Crippen LogP contribution is 2.24. The summed E-state index contributed by atoms with van der Waals surface area (Å²) in [6, 6.07) is 12.1. The van der Waals surface area contributed by atoms with Crippen LogP contribution >= 0.6 is 0 Å². The Morgan fingerprint density at radius 1 is 1.16 bits per heavy atom. The number of amides is 1. The van der Waals surface area contributed by atoms with Crippen molar-refractivity contribution in [1.29, 1.82) is 0 Å². The number of rotatable bonds is 5. The molecule has 0 saturated carbocycles. The summed E-state index contributed by atoms with van der Waals surface area (Å²) in [6.07, 6.45) is 0. The molecule has 6 heteroatoms. The molecule has 132 valence electrons. The summed E-state index contributed by atoms with van der Waals surface area (Å²) in [5.74, 6) is 0.219. The molecule has 0 aliphatic heterocycles. The number of aryl methyl sites for hydroxylation is 1. The Hall–Kier alpha value is -2.89. The number of carbonyl (C=O) groups is 1. The smallest absolute Gasteiger partial charge is 0.274 e. The van der Waals surface area contributed by atoms with Gasteiger partial charge in [-0.05, 0) is 36.1 Å². The number of hydrogen-bond donors (Lipinski definition) is 1. The zero-order valence-corrected chi connectivity index (χ0v) is 14.8. The molecule has 0 unspecified atom stereocenters. The van der Waals surface area contributed by atoms with Crippen LogP contribution in [-0.4, -0.2) is 17.4 Å². The lowest BCUT2D eigenvalue weighted by Gasteiger charge is -2.19. The number of hydrogen-bond acceptors (Lipinski definition) is 4. The van der Waals surface area contributed by atoms with Gasteiger partial charge in [-0.1, -0.05) is 39.0 Å². The number of nitrogens with zero attached hydrogens (tertiary/aromatic N) is 1. The average molecular weight is 342 g/mol. The van der Waals surface area contributed by atoms with E-state index in [9.17, 15) is 14.9 Å². The number of nitro benzene ring substituents is 1. The summed E-state index contributed by atoms with van der Waals surface area (Å²) in [5.41, 5.74) is 2.11. The van der Waals surface area contributed by atoms with Gasteiger partial charge >= 0.3 is 0 Å². The highest BCUT2D eigenvalue weighted by molar-refractivity contribution is 5.92. The Kier molecular flexibility index (Phi) is 5.41. The number of carbonyl (C=O) groups excluding carboxylic acids is 1. The number of benzene rings is 2. The summed E-state index contributed by atoms with van der Waals surface area (Å²) >= 11 is 0. The van der Waals surface area contributed by atoms with Crippen LogP contribution < -0.4 is 10.1 Å². The van der Waals surface area contributed by atoms with E-state index in [1.165, 1.54) is 11.6 Å². The van der Waals surface area contributed by atoms with Crippen LogP contribution in [0, 0.1) is 17.0 Å². The van der Waals surface area contributed by atoms with Crippen molar-refractivity contribution in [2.45, 2.75) is 33.1 Å². The molecule has 0 aromatic heterocycles. The fourth-order valence-corrected chi connectivity index (χ4v) is 2.28. The molecule has 2 rings (SSSR count). The van der Waals surface area contributed by atoms with E-state index in [0.717, 1.165) is 0 Å². The van der Waals surface area contributed by atoms with Crippen molar-refractivity contribution in [2.24, 2.45) is 0 Å². The van der Waals surface area contributed by atoms with Crippen molar-refractivity contribution in [3.63, 3.8) is 0 Å². The van der Waals surface area contributed by atoms with Gasteiger partial charge in [-0.25, -0.2) is 0 Å². The predicted octanol–water partition coefficient (Wildman–Crippen LogP) is 4.22. The molecule has 6 nitrogen and oxygen atoms in total. The third-order valence-electron chi connectivity index (χ3n) is 3.78. The Balaban J connectivity index is 1.95. The third-order valence-corrected chi connectivity index (χ3v) is 3.78. The SMILES string of the molecule is Cc1ccc(NC(=O)COc2ccc(C(C)(C)C)cc2)cc1[N+](=O)[O-]. The van der Waals surface area contributed by atoms with Gasteiger partial charge in [0.15, 0.2) is 6.61 Å². The van der Waals surface area contributed by atoms with Crippen molar-refractivity contribution in [1.82, 2.24) is 0 Å². The molecule has 0 bridgehead atoms. The normalized spacial score (nSPS) is 11.0. The lowest BCUT2D eigenvalue weighted by Crippen LogP contribution is -2.20. The molecule has 0 spiro atoms. The molecule has 0 saturated heterocycles. The van der Waals surface area contributed by atoms with E-state index in [-0.39, 0.29) is 23.6 Å².